The lowest BCUT2D eigenvalue weighted by Gasteiger charge is -2.04. The van der Waals surface area contributed by atoms with Crippen LogP contribution in [0.3, 0.4) is 0 Å². The van der Waals surface area contributed by atoms with Crippen molar-refractivity contribution < 1.29 is 9.15 Å². The third kappa shape index (κ3) is 1.60. The Kier molecular flexibility index (Phi) is 1.86. The fourth-order valence-electron chi connectivity index (χ4n) is 1.53. The molecule has 0 atom stereocenters. The molecule has 5 nitrogen and oxygen atoms in total. The molecule has 16 heavy (non-hydrogen) atoms. The van der Waals surface area contributed by atoms with Crippen LogP contribution >= 0.6 is 0 Å². The molecule has 1 aromatic carbocycles. The van der Waals surface area contributed by atoms with Crippen LogP contribution in [0.15, 0.2) is 32.2 Å². The number of aromatic nitrogens is 1. The Bertz CT molecular complexity index is 651. The second-order valence-electron chi connectivity index (χ2n) is 3.83. The van der Waals surface area contributed by atoms with Crippen molar-refractivity contribution in [2.24, 2.45) is 0 Å². The van der Waals surface area contributed by atoms with Crippen molar-refractivity contribution in [1.82, 2.24) is 4.98 Å². The van der Waals surface area contributed by atoms with Crippen molar-refractivity contribution in [2.45, 2.75) is 18.9 Å². The molecule has 0 spiro atoms. The number of hydrogen-bond donors (Lipinski definition) is 1. The third-order valence-electron chi connectivity index (χ3n) is 2.46. The van der Waals surface area contributed by atoms with Crippen LogP contribution in [0.5, 0.6) is 5.75 Å². The molecule has 0 radical (unpaired) electrons. The number of ether oxygens (including phenoxy) is 1. The van der Waals surface area contributed by atoms with Crippen LogP contribution in [0.4, 0.5) is 0 Å². The quantitative estimate of drug-likeness (QED) is 0.818. The summed E-state index contributed by atoms with van der Waals surface area (Å²) in [6.45, 7) is 0. The van der Waals surface area contributed by atoms with Crippen molar-refractivity contribution in [3.8, 4) is 5.75 Å². The van der Waals surface area contributed by atoms with Crippen LogP contribution in [0.1, 0.15) is 12.8 Å². The van der Waals surface area contributed by atoms with Crippen molar-refractivity contribution in [3.05, 3.63) is 39.2 Å². The lowest BCUT2D eigenvalue weighted by molar-refractivity contribution is 0.303. The van der Waals surface area contributed by atoms with Crippen LogP contribution in [0.2, 0.25) is 0 Å². The lowest BCUT2D eigenvalue weighted by atomic mass is 10.2. The molecule has 82 valence electrons. The van der Waals surface area contributed by atoms with Gasteiger partial charge in [-0.2, -0.15) is 0 Å². The van der Waals surface area contributed by atoms with Gasteiger partial charge in [0.2, 0.25) is 0 Å². The Morgan fingerprint density at radius 2 is 2.12 bits per heavy atom. The molecule has 0 bridgehead atoms. The van der Waals surface area contributed by atoms with Gasteiger partial charge in [0.25, 0.3) is 0 Å². The number of rotatable bonds is 2. The van der Waals surface area contributed by atoms with Gasteiger partial charge in [-0.25, -0.2) is 9.59 Å². The molecule has 1 N–H and O–H groups in total. The highest BCUT2D eigenvalue weighted by Crippen LogP contribution is 2.27. The van der Waals surface area contributed by atoms with E-state index in [1.54, 1.807) is 18.2 Å². The molecular weight excluding hydrogens is 210 g/mol. The minimum Gasteiger partial charge on any atom is -0.490 e. The van der Waals surface area contributed by atoms with Gasteiger partial charge < -0.3 is 9.15 Å². The lowest BCUT2D eigenvalue weighted by Crippen LogP contribution is -2.14. The Labute approximate surface area is 89.7 Å². The second-order valence-corrected chi connectivity index (χ2v) is 3.83. The Morgan fingerprint density at radius 3 is 2.88 bits per heavy atom. The van der Waals surface area contributed by atoms with Crippen LogP contribution in [-0.2, 0) is 0 Å². The van der Waals surface area contributed by atoms with Gasteiger partial charge in [-0.1, -0.05) is 0 Å². The SMILES string of the molecule is O=c1[nH]c2cc(OC3CC3)ccc2c(=O)o1. The average Bonchev–Trinajstić information content (AvgIpc) is 3.00. The molecule has 1 aliphatic carbocycles. The molecule has 0 amide bonds. The molecular formula is C11H9NO4. The van der Waals surface area contributed by atoms with Gasteiger partial charge in [-0.15, -0.1) is 0 Å². The summed E-state index contributed by atoms with van der Waals surface area (Å²) in [6.07, 6.45) is 2.40. The standard InChI is InChI=1S/C11H9NO4/c13-10-8-4-3-7(15-6-1-2-6)5-9(8)12-11(14)16-10/h3-6H,1-2H2,(H,12,14). The molecule has 1 aliphatic rings. The summed E-state index contributed by atoms with van der Waals surface area (Å²) in [7, 11) is 0. The summed E-state index contributed by atoms with van der Waals surface area (Å²) in [5, 5.41) is 0.350. The summed E-state index contributed by atoms with van der Waals surface area (Å²) in [5.41, 5.74) is -0.184. The normalized spacial score (nSPS) is 15.2. The van der Waals surface area contributed by atoms with Gasteiger partial charge in [0.15, 0.2) is 0 Å². The highest BCUT2D eigenvalue weighted by Gasteiger charge is 2.23. The van der Waals surface area contributed by atoms with Crippen molar-refractivity contribution in [3.63, 3.8) is 0 Å². The van der Waals surface area contributed by atoms with E-state index in [4.69, 9.17) is 4.74 Å². The number of nitrogens with one attached hydrogen (secondary N) is 1. The van der Waals surface area contributed by atoms with Crippen molar-refractivity contribution in [1.29, 1.82) is 0 Å². The first-order valence-electron chi connectivity index (χ1n) is 5.06. The monoisotopic (exact) mass is 219 g/mol. The molecule has 0 saturated heterocycles. The molecule has 0 unspecified atom stereocenters. The highest BCUT2D eigenvalue weighted by molar-refractivity contribution is 5.78. The van der Waals surface area contributed by atoms with Gasteiger partial charge in [-0.05, 0) is 25.0 Å². The topological polar surface area (TPSA) is 72.3 Å². The van der Waals surface area contributed by atoms with E-state index >= 15 is 0 Å². The molecule has 3 rings (SSSR count). The second kappa shape index (κ2) is 3.23. The van der Waals surface area contributed by atoms with Crippen LogP contribution in [0.25, 0.3) is 10.9 Å². The van der Waals surface area contributed by atoms with E-state index in [2.05, 4.69) is 9.40 Å². The summed E-state index contributed by atoms with van der Waals surface area (Å²) < 4.78 is 9.97. The van der Waals surface area contributed by atoms with Crippen LogP contribution < -0.4 is 16.1 Å². The fourth-order valence-corrected chi connectivity index (χ4v) is 1.53. The van der Waals surface area contributed by atoms with Crippen molar-refractivity contribution >= 4 is 10.9 Å². The maximum absolute atomic E-state index is 11.3. The first-order chi connectivity index (χ1) is 7.72. The molecule has 1 saturated carbocycles. The van der Waals surface area contributed by atoms with E-state index in [0.717, 1.165) is 12.8 Å². The summed E-state index contributed by atoms with van der Waals surface area (Å²) in [6, 6.07) is 4.94. The number of benzene rings is 1. The number of hydrogen-bond acceptors (Lipinski definition) is 4. The number of aromatic amines is 1. The first kappa shape index (κ1) is 9.21. The molecule has 5 heteroatoms. The Morgan fingerprint density at radius 1 is 1.31 bits per heavy atom. The maximum atomic E-state index is 11.3. The van der Waals surface area contributed by atoms with Gasteiger partial charge in [-0.3, -0.25) is 4.98 Å². The first-order valence-corrected chi connectivity index (χ1v) is 5.06. The van der Waals surface area contributed by atoms with Gasteiger partial charge in [0, 0.05) is 6.07 Å². The van der Waals surface area contributed by atoms with E-state index < -0.39 is 11.4 Å². The van der Waals surface area contributed by atoms with Gasteiger partial charge in [0.1, 0.15) is 5.75 Å². The minimum absolute atomic E-state index is 0.282. The Hall–Kier alpha value is -2.04. The van der Waals surface area contributed by atoms with Gasteiger partial charge in [0.05, 0.1) is 17.0 Å². The third-order valence-corrected chi connectivity index (χ3v) is 2.46. The maximum Gasteiger partial charge on any atom is 0.419 e. The predicted molar refractivity (Wildman–Crippen MR) is 56.8 cm³/mol. The van der Waals surface area contributed by atoms with E-state index in [-0.39, 0.29) is 6.10 Å². The van der Waals surface area contributed by atoms with Crippen LogP contribution in [-0.4, -0.2) is 11.1 Å². The molecule has 2 aromatic rings. The predicted octanol–water partition coefficient (Wildman–Crippen LogP) is 1.02. The molecule has 1 fully saturated rings. The van der Waals surface area contributed by atoms with E-state index in [9.17, 15) is 9.59 Å². The van der Waals surface area contributed by atoms with E-state index in [1.165, 1.54) is 0 Å². The minimum atomic E-state index is -0.749. The van der Waals surface area contributed by atoms with Gasteiger partial charge >= 0.3 is 11.4 Å². The number of H-pyrrole nitrogens is 1. The zero-order chi connectivity index (χ0) is 11.1. The highest BCUT2D eigenvalue weighted by atomic mass is 16.5. The summed E-state index contributed by atoms with van der Waals surface area (Å²) in [5.74, 6) is -0.0858. The summed E-state index contributed by atoms with van der Waals surface area (Å²) >= 11 is 0. The smallest absolute Gasteiger partial charge is 0.419 e. The molecule has 0 aliphatic heterocycles. The zero-order valence-electron chi connectivity index (χ0n) is 8.36. The summed E-state index contributed by atoms with van der Waals surface area (Å²) in [4.78, 5) is 24.8. The Balaban J connectivity index is 2.15. The van der Waals surface area contributed by atoms with E-state index in [1.807, 2.05) is 0 Å². The fraction of sp³-hybridized carbons (Fsp3) is 0.273. The molecule has 1 heterocycles. The van der Waals surface area contributed by atoms with Crippen molar-refractivity contribution in [2.75, 3.05) is 0 Å². The van der Waals surface area contributed by atoms with Crippen LogP contribution in [0, 0.1) is 0 Å². The van der Waals surface area contributed by atoms with E-state index in [0.29, 0.717) is 16.7 Å². The number of fused-ring (bicyclic) bond motifs is 1. The largest absolute Gasteiger partial charge is 0.490 e. The zero-order valence-corrected chi connectivity index (χ0v) is 8.36. The average molecular weight is 219 g/mol. The molecule has 1 aromatic heterocycles.